The lowest BCUT2D eigenvalue weighted by Crippen LogP contribution is -2.12. The molecule has 1 heterocycles. The highest BCUT2D eigenvalue weighted by Gasteiger charge is 2.07. The lowest BCUT2D eigenvalue weighted by atomic mass is 10.3. The zero-order valence-electron chi connectivity index (χ0n) is 9.75. The third-order valence-corrected chi connectivity index (χ3v) is 4.12. The molecule has 0 saturated carbocycles. The van der Waals surface area contributed by atoms with E-state index < -0.39 is 10.0 Å². The van der Waals surface area contributed by atoms with Gasteiger partial charge in [0, 0.05) is 16.8 Å². The molecule has 2 aromatic rings. The minimum Gasteiger partial charge on any atom is -0.380 e. The number of anilines is 1. The molecule has 0 bridgehead atoms. The number of benzene rings is 1. The Morgan fingerprint density at radius 1 is 1.44 bits per heavy atom. The third kappa shape index (κ3) is 3.28. The second kappa shape index (κ2) is 5.05. The first-order chi connectivity index (χ1) is 8.45. The number of nitrogens with zero attached hydrogens (tertiary/aromatic N) is 1. The maximum Gasteiger partial charge on any atom is 0.238 e. The van der Waals surface area contributed by atoms with Gasteiger partial charge in [0.15, 0.2) is 0 Å². The first-order valence-corrected chi connectivity index (χ1v) is 7.59. The number of nitrogens with two attached hydrogens (primary N) is 1. The Morgan fingerprint density at radius 3 is 2.83 bits per heavy atom. The van der Waals surface area contributed by atoms with Crippen molar-refractivity contribution in [1.29, 1.82) is 0 Å². The number of rotatable bonds is 4. The smallest absolute Gasteiger partial charge is 0.238 e. The van der Waals surface area contributed by atoms with E-state index in [9.17, 15) is 8.42 Å². The van der Waals surface area contributed by atoms with Crippen LogP contribution in [0.2, 0.25) is 0 Å². The fourth-order valence-corrected chi connectivity index (χ4v) is 2.75. The lowest BCUT2D eigenvalue weighted by molar-refractivity contribution is 0.598. The normalized spacial score (nSPS) is 11.4. The number of thiazole rings is 1. The number of hydrogen-bond acceptors (Lipinski definition) is 5. The highest BCUT2D eigenvalue weighted by atomic mass is 32.2. The average molecular weight is 283 g/mol. The van der Waals surface area contributed by atoms with Gasteiger partial charge in [0.1, 0.15) is 0 Å². The molecular formula is C11H13N3O2S2. The van der Waals surface area contributed by atoms with E-state index in [2.05, 4.69) is 10.3 Å². The van der Waals surface area contributed by atoms with Crippen molar-refractivity contribution in [2.75, 3.05) is 5.32 Å². The van der Waals surface area contributed by atoms with Gasteiger partial charge in [0.05, 0.1) is 16.4 Å². The van der Waals surface area contributed by atoms with Crippen LogP contribution in [0.25, 0.3) is 0 Å². The van der Waals surface area contributed by atoms with E-state index in [0.717, 1.165) is 9.88 Å². The van der Waals surface area contributed by atoms with Crippen molar-refractivity contribution in [3.05, 3.63) is 40.3 Å². The van der Waals surface area contributed by atoms with Crippen molar-refractivity contribution in [3.63, 3.8) is 0 Å². The quantitative estimate of drug-likeness (QED) is 0.894. The summed E-state index contributed by atoms with van der Waals surface area (Å²) in [6, 6.07) is 6.43. The first kappa shape index (κ1) is 13.0. The zero-order chi connectivity index (χ0) is 13.2. The SMILES string of the molecule is Cc1ncc(CNc2cccc(S(N)(=O)=O)c2)s1. The minimum atomic E-state index is -3.65. The van der Waals surface area contributed by atoms with E-state index in [-0.39, 0.29) is 4.90 Å². The highest BCUT2D eigenvalue weighted by molar-refractivity contribution is 7.89. The maximum atomic E-state index is 11.2. The molecule has 1 aromatic heterocycles. The Balaban J connectivity index is 2.11. The maximum absolute atomic E-state index is 11.2. The van der Waals surface area contributed by atoms with Crippen molar-refractivity contribution >= 4 is 27.0 Å². The molecule has 0 saturated heterocycles. The van der Waals surface area contributed by atoms with Gasteiger partial charge in [-0.1, -0.05) is 6.07 Å². The number of hydrogen-bond donors (Lipinski definition) is 2. The van der Waals surface area contributed by atoms with Crippen molar-refractivity contribution in [2.45, 2.75) is 18.4 Å². The van der Waals surface area contributed by atoms with Crippen LogP contribution in [0, 0.1) is 6.92 Å². The van der Waals surface area contributed by atoms with Gasteiger partial charge in [-0.3, -0.25) is 0 Å². The van der Waals surface area contributed by atoms with Crippen LogP contribution in [0.1, 0.15) is 9.88 Å². The molecule has 18 heavy (non-hydrogen) atoms. The molecule has 0 aliphatic heterocycles. The van der Waals surface area contributed by atoms with Crippen molar-refractivity contribution in [3.8, 4) is 0 Å². The van der Waals surface area contributed by atoms with Gasteiger partial charge in [0.25, 0.3) is 0 Å². The summed E-state index contributed by atoms with van der Waals surface area (Å²) < 4.78 is 22.4. The number of primary sulfonamides is 1. The van der Waals surface area contributed by atoms with Gasteiger partial charge in [-0.05, 0) is 25.1 Å². The Morgan fingerprint density at radius 2 is 2.22 bits per heavy atom. The molecule has 0 atom stereocenters. The second-order valence-corrected chi connectivity index (χ2v) is 6.65. The molecule has 0 aliphatic rings. The van der Waals surface area contributed by atoms with E-state index in [0.29, 0.717) is 12.2 Å². The zero-order valence-corrected chi connectivity index (χ0v) is 11.4. The minimum absolute atomic E-state index is 0.105. The molecule has 0 radical (unpaired) electrons. The predicted octanol–water partition coefficient (Wildman–Crippen LogP) is 1.71. The van der Waals surface area contributed by atoms with Crippen LogP contribution in [0.5, 0.6) is 0 Å². The Bertz CT molecular complexity index is 650. The van der Waals surface area contributed by atoms with E-state index in [1.807, 2.05) is 6.92 Å². The molecule has 2 rings (SSSR count). The largest absolute Gasteiger partial charge is 0.380 e. The predicted molar refractivity (Wildman–Crippen MR) is 72.0 cm³/mol. The highest BCUT2D eigenvalue weighted by Crippen LogP contribution is 2.17. The van der Waals surface area contributed by atoms with Crippen LogP contribution in [0.3, 0.4) is 0 Å². The fraction of sp³-hybridized carbons (Fsp3) is 0.182. The topological polar surface area (TPSA) is 85.1 Å². The molecule has 1 aromatic carbocycles. The van der Waals surface area contributed by atoms with Crippen molar-refractivity contribution in [2.24, 2.45) is 5.14 Å². The van der Waals surface area contributed by atoms with Crippen molar-refractivity contribution < 1.29 is 8.42 Å². The van der Waals surface area contributed by atoms with Crippen LogP contribution in [-0.2, 0) is 16.6 Å². The molecular weight excluding hydrogens is 270 g/mol. The molecule has 96 valence electrons. The second-order valence-electron chi connectivity index (χ2n) is 3.77. The van der Waals surface area contributed by atoms with Gasteiger partial charge in [0.2, 0.25) is 10.0 Å². The molecule has 7 heteroatoms. The van der Waals surface area contributed by atoms with E-state index in [1.165, 1.54) is 12.1 Å². The van der Waals surface area contributed by atoms with Gasteiger partial charge >= 0.3 is 0 Å². The molecule has 0 aliphatic carbocycles. The Hall–Kier alpha value is -1.44. The van der Waals surface area contributed by atoms with Crippen molar-refractivity contribution in [1.82, 2.24) is 4.98 Å². The summed E-state index contributed by atoms with van der Waals surface area (Å²) in [4.78, 5) is 5.34. The summed E-state index contributed by atoms with van der Waals surface area (Å²) in [6.45, 7) is 2.55. The van der Waals surface area contributed by atoms with Gasteiger partial charge in [-0.15, -0.1) is 11.3 Å². The molecule has 0 amide bonds. The molecule has 5 nitrogen and oxygen atoms in total. The van der Waals surface area contributed by atoms with E-state index >= 15 is 0 Å². The summed E-state index contributed by atoms with van der Waals surface area (Å²) in [6.07, 6.45) is 1.80. The number of aryl methyl sites for hydroxylation is 1. The number of aromatic nitrogens is 1. The number of nitrogens with one attached hydrogen (secondary N) is 1. The van der Waals surface area contributed by atoms with E-state index in [1.54, 1.807) is 29.7 Å². The lowest BCUT2D eigenvalue weighted by Gasteiger charge is -2.06. The van der Waals surface area contributed by atoms with Crippen LogP contribution in [0.4, 0.5) is 5.69 Å². The molecule has 3 N–H and O–H groups in total. The summed E-state index contributed by atoms with van der Waals surface area (Å²) in [5, 5.41) is 9.21. The summed E-state index contributed by atoms with van der Waals surface area (Å²) >= 11 is 1.60. The van der Waals surface area contributed by atoms with Gasteiger partial charge < -0.3 is 5.32 Å². The van der Waals surface area contributed by atoms with Crippen LogP contribution < -0.4 is 10.5 Å². The third-order valence-electron chi connectivity index (χ3n) is 2.30. The Labute approximate surface area is 110 Å². The van der Waals surface area contributed by atoms with Gasteiger partial charge in [-0.2, -0.15) is 0 Å². The van der Waals surface area contributed by atoms with Crippen LogP contribution in [0.15, 0.2) is 35.4 Å². The first-order valence-electron chi connectivity index (χ1n) is 5.23. The van der Waals surface area contributed by atoms with Crippen LogP contribution in [-0.4, -0.2) is 13.4 Å². The summed E-state index contributed by atoms with van der Waals surface area (Å²) in [7, 11) is -3.65. The molecule has 0 spiro atoms. The summed E-state index contributed by atoms with van der Waals surface area (Å²) in [5.41, 5.74) is 0.715. The monoisotopic (exact) mass is 283 g/mol. The van der Waals surface area contributed by atoms with Crippen LogP contribution >= 0.6 is 11.3 Å². The number of sulfonamides is 1. The average Bonchev–Trinajstić information content (AvgIpc) is 2.72. The molecule has 0 fully saturated rings. The van der Waals surface area contributed by atoms with Gasteiger partial charge in [-0.25, -0.2) is 18.5 Å². The van der Waals surface area contributed by atoms with E-state index in [4.69, 9.17) is 5.14 Å². The standard InChI is InChI=1S/C11H13N3O2S2/c1-8-13-6-10(17-8)7-14-9-3-2-4-11(5-9)18(12,15)16/h2-6,14H,7H2,1H3,(H2,12,15,16). The Kier molecular flexibility index (Phi) is 3.65. The fourth-order valence-electron chi connectivity index (χ4n) is 1.46. The summed E-state index contributed by atoms with van der Waals surface area (Å²) in [5.74, 6) is 0. The molecule has 0 unspecified atom stereocenters.